The molecule has 0 aliphatic heterocycles. The Morgan fingerprint density at radius 2 is 1.94 bits per heavy atom. The molecule has 1 aromatic heterocycles. The highest BCUT2D eigenvalue weighted by atomic mass is 14.7. The molecule has 82 valence electrons. The molecule has 0 fully saturated rings. The monoisotopic (exact) mass is 211 g/mol. The van der Waals surface area contributed by atoms with E-state index < -0.39 is 0 Å². The third-order valence-electron chi connectivity index (χ3n) is 2.83. The van der Waals surface area contributed by atoms with Crippen molar-refractivity contribution in [3.8, 4) is 0 Å². The van der Waals surface area contributed by atoms with E-state index in [0.717, 1.165) is 16.3 Å². The summed E-state index contributed by atoms with van der Waals surface area (Å²) >= 11 is 0. The Bertz CT molecular complexity index is 580. The molecular weight excluding hydrogens is 194 g/mol. The Morgan fingerprint density at radius 1 is 1.25 bits per heavy atom. The van der Waals surface area contributed by atoms with Gasteiger partial charge in [0.15, 0.2) is 0 Å². The molecule has 0 aromatic carbocycles. The van der Waals surface area contributed by atoms with Gasteiger partial charge in [-0.05, 0) is 6.08 Å². The lowest BCUT2D eigenvalue weighted by Crippen LogP contribution is -2.21. The van der Waals surface area contributed by atoms with Gasteiger partial charge in [0.2, 0.25) is 0 Å². The first kappa shape index (κ1) is 10.7. The molecule has 16 heavy (non-hydrogen) atoms. The predicted octanol–water partition coefficient (Wildman–Crippen LogP) is 2.46. The lowest BCUT2D eigenvalue weighted by molar-refractivity contribution is 0.633. The SMILES string of the molecule is C=C/C=c1/c2c([nH]c1=C)C=CC(C)(C)C=C2. The van der Waals surface area contributed by atoms with Gasteiger partial charge in [-0.2, -0.15) is 0 Å². The maximum Gasteiger partial charge on any atom is 0.0461 e. The summed E-state index contributed by atoms with van der Waals surface area (Å²) in [7, 11) is 0. The van der Waals surface area contributed by atoms with Crippen molar-refractivity contribution in [1.29, 1.82) is 0 Å². The minimum Gasteiger partial charge on any atom is -0.355 e. The third kappa shape index (κ3) is 1.81. The first-order valence-corrected chi connectivity index (χ1v) is 5.46. The highest BCUT2D eigenvalue weighted by Crippen LogP contribution is 2.25. The highest BCUT2D eigenvalue weighted by Gasteiger charge is 2.13. The second-order valence-corrected chi connectivity index (χ2v) is 4.73. The zero-order valence-corrected chi connectivity index (χ0v) is 9.88. The Balaban J connectivity index is 2.73. The van der Waals surface area contributed by atoms with Gasteiger partial charge in [0.05, 0.1) is 0 Å². The van der Waals surface area contributed by atoms with E-state index in [1.54, 1.807) is 6.08 Å². The quantitative estimate of drug-likeness (QED) is 0.734. The Labute approximate surface area is 96.2 Å². The highest BCUT2D eigenvalue weighted by molar-refractivity contribution is 5.68. The van der Waals surface area contributed by atoms with Gasteiger partial charge in [-0.25, -0.2) is 0 Å². The van der Waals surface area contributed by atoms with Crippen LogP contribution in [-0.2, 0) is 0 Å². The molecule has 0 amide bonds. The lowest BCUT2D eigenvalue weighted by Gasteiger charge is -2.12. The topological polar surface area (TPSA) is 15.8 Å². The standard InChI is InChI=1S/C15H17N/c1-5-6-12-11(2)16-14-8-10-15(3,4)9-7-13(12)14/h5-10,16H,1-2H2,3-4H3/b12-6+. The molecule has 0 radical (unpaired) electrons. The van der Waals surface area contributed by atoms with E-state index in [2.05, 4.69) is 56.3 Å². The van der Waals surface area contributed by atoms with E-state index in [-0.39, 0.29) is 5.41 Å². The minimum atomic E-state index is 0.104. The van der Waals surface area contributed by atoms with Crippen molar-refractivity contribution in [2.75, 3.05) is 0 Å². The van der Waals surface area contributed by atoms with Crippen molar-refractivity contribution < 1.29 is 0 Å². The number of allylic oxidation sites excluding steroid dienone is 3. The predicted molar refractivity (Wildman–Crippen MR) is 72.1 cm³/mol. The van der Waals surface area contributed by atoms with Gasteiger partial charge in [0, 0.05) is 27.2 Å². The molecule has 0 unspecified atom stereocenters. The van der Waals surface area contributed by atoms with E-state index in [1.807, 2.05) is 6.08 Å². The largest absolute Gasteiger partial charge is 0.355 e. The number of nitrogens with one attached hydrogen (secondary N) is 1. The van der Waals surface area contributed by atoms with Gasteiger partial charge in [-0.15, -0.1) is 0 Å². The van der Waals surface area contributed by atoms with Crippen molar-refractivity contribution >= 4 is 24.8 Å². The molecule has 0 saturated carbocycles. The van der Waals surface area contributed by atoms with Crippen LogP contribution in [-0.4, -0.2) is 4.98 Å². The average molecular weight is 211 g/mol. The van der Waals surface area contributed by atoms with Crippen LogP contribution in [0.15, 0.2) is 24.8 Å². The molecule has 1 aliphatic carbocycles. The smallest absolute Gasteiger partial charge is 0.0461 e. The van der Waals surface area contributed by atoms with Crippen molar-refractivity contribution in [3.05, 3.63) is 46.6 Å². The molecular formula is C15H17N. The number of hydrogen-bond acceptors (Lipinski definition) is 0. The molecule has 1 N–H and O–H groups in total. The van der Waals surface area contributed by atoms with Gasteiger partial charge < -0.3 is 4.98 Å². The van der Waals surface area contributed by atoms with E-state index in [1.165, 1.54) is 5.56 Å². The summed E-state index contributed by atoms with van der Waals surface area (Å²) < 4.78 is 0. The second-order valence-electron chi connectivity index (χ2n) is 4.73. The normalized spacial score (nSPS) is 18.2. The van der Waals surface area contributed by atoms with Crippen molar-refractivity contribution in [2.24, 2.45) is 5.41 Å². The maximum atomic E-state index is 4.01. The van der Waals surface area contributed by atoms with Crippen LogP contribution in [0.2, 0.25) is 0 Å². The fraction of sp³-hybridized carbons (Fsp3) is 0.200. The van der Waals surface area contributed by atoms with Gasteiger partial charge in [-0.1, -0.05) is 57.4 Å². The van der Waals surface area contributed by atoms with E-state index in [0.29, 0.717) is 0 Å². The van der Waals surface area contributed by atoms with Crippen LogP contribution >= 0.6 is 0 Å². The molecule has 1 heteroatoms. The van der Waals surface area contributed by atoms with Gasteiger partial charge in [0.25, 0.3) is 0 Å². The summed E-state index contributed by atoms with van der Waals surface area (Å²) in [5.74, 6) is 0. The first-order valence-electron chi connectivity index (χ1n) is 5.46. The Hall–Kier alpha value is -1.76. The van der Waals surface area contributed by atoms with E-state index in [4.69, 9.17) is 0 Å². The van der Waals surface area contributed by atoms with Crippen LogP contribution in [0, 0.1) is 5.41 Å². The fourth-order valence-electron chi connectivity index (χ4n) is 1.88. The van der Waals surface area contributed by atoms with Gasteiger partial charge in [-0.3, -0.25) is 0 Å². The molecule has 1 aromatic rings. The van der Waals surface area contributed by atoms with Gasteiger partial charge in [0.1, 0.15) is 0 Å². The number of fused-ring (bicyclic) bond motifs is 1. The summed E-state index contributed by atoms with van der Waals surface area (Å²) in [5, 5.41) is 2.07. The molecule has 0 saturated heterocycles. The van der Waals surface area contributed by atoms with Crippen molar-refractivity contribution in [2.45, 2.75) is 13.8 Å². The number of aromatic nitrogens is 1. The molecule has 0 spiro atoms. The zero-order valence-electron chi connectivity index (χ0n) is 9.88. The van der Waals surface area contributed by atoms with E-state index in [9.17, 15) is 0 Å². The number of aromatic amines is 1. The van der Waals surface area contributed by atoms with E-state index >= 15 is 0 Å². The molecule has 1 aliphatic rings. The van der Waals surface area contributed by atoms with Crippen LogP contribution in [0.1, 0.15) is 25.1 Å². The Morgan fingerprint density at radius 3 is 2.62 bits per heavy atom. The van der Waals surface area contributed by atoms with Crippen LogP contribution in [0.25, 0.3) is 24.8 Å². The number of rotatable bonds is 1. The average Bonchev–Trinajstić information content (AvgIpc) is 2.42. The second kappa shape index (κ2) is 3.67. The number of H-pyrrole nitrogens is 1. The third-order valence-corrected chi connectivity index (χ3v) is 2.83. The summed E-state index contributed by atoms with van der Waals surface area (Å²) in [5.41, 5.74) is 2.43. The van der Waals surface area contributed by atoms with Crippen LogP contribution < -0.4 is 10.6 Å². The zero-order chi connectivity index (χ0) is 11.8. The minimum absolute atomic E-state index is 0.104. The summed E-state index contributed by atoms with van der Waals surface area (Å²) in [6, 6.07) is 0. The van der Waals surface area contributed by atoms with Crippen LogP contribution in [0.5, 0.6) is 0 Å². The Kier molecular flexibility index (Phi) is 2.47. The maximum absolute atomic E-state index is 4.01. The summed E-state index contributed by atoms with van der Waals surface area (Å²) in [6.07, 6.45) is 12.5. The number of hydrogen-bond donors (Lipinski definition) is 1. The van der Waals surface area contributed by atoms with Crippen molar-refractivity contribution in [3.63, 3.8) is 0 Å². The molecule has 0 bridgehead atoms. The van der Waals surface area contributed by atoms with Crippen molar-refractivity contribution in [1.82, 2.24) is 4.98 Å². The first-order chi connectivity index (χ1) is 7.53. The fourth-order valence-corrected chi connectivity index (χ4v) is 1.88. The molecule has 1 nitrogen and oxygen atoms in total. The molecule has 1 heterocycles. The van der Waals surface area contributed by atoms with Crippen LogP contribution in [0.4, 0.5) is 0 Å². The van der Waals surface area contributed by atoms with Crippen LogP contribution in [0.3, 0.4) is 0 Å². The summed E-state index contributed by atoms with van der Waals surface area (Å²) in [6.45, 7) is 12.1. The lowest BCUT2D eigenvalue weighted by atomic mass is 9.93. The van der Waals surface area contributed by atoms with Gasteiger partial charge >= 0.3 is 0 Å². The molecule has 2 rings (SSSR count). The summed E-state index contributed by atoms with van der Waals surface area (Å²) in [4.78, 5) is 3.30. The molecule has 0 atom stereocenters.